The molecule has 3 aliphatic rings. The minimum atomic E-state index is -0.149. The summed E-state index contributed by atoms with van der Waals surface area (Å²) in [5, 5.41) is 0. The van der Waals surface area contributed by atoms with Crippen LogP contribution in [0.15, 0.2) is 0 Å². The average Bonchev–Trinajstić information content (AvgIpc) is 2.90. The van der Waals surface area contributed by atoms with Gasteiger partial charge >= 0.3 is 5.97 Å². The molecule has 4 unspecified atom stereocenters. The van der Waals surface area contributed by atoms with Crippen molar-refractivity contribution >= 4 is 5.97 Å². The van der Waals surface area contributed by atoms with Crippen LogP contribution in [0, 0.1) is 17.8 Å². The number of ether oxygens (including phenoxy) is 2. The van der Waals surface area contributed by atoms with Gasteiger partial charge in [0.25, 0.3) is 0 Å². The first-order chi connectivity index (χ1) is 7.77. The van der Waals surface area contributed by atoms with Crippen LogP contribution in [0.25, 0.3) is 0 Å². The summed E-state index contributed by atoms with van der Waals surface area (Å²) in [5.74, 6) is 1.38. The summed E-state index contributed by atoms with van der Waals surface area (Å²) in [6, 6.07) is 0. The molecule has 2 aliphatic carbocycles. The van der Waals surface area contributed by atoms with E-state index in [-0.39, 0.29) is 17.5 Å². The molecule has 0 aromatic rings. The first-order valence-electron chi connectivity index (χ1n) is 6.57. The maximum Gasteiger partial charge on any atom is 0.312 e. The predicted molar refractivity (Wildman–Crippen MR) is 58.9 cm³/mol. The molecule has 90 valence electrons. The molecule has 3 nitrogen and oxygen atoms in total. The summed E-state index contributed by atoms with van der Waals surface area (Å²) < 4.78 is 11.2. The van der Waals surface area contributed by atoms with Crippen LogP contribution >= 0.6 is 0 Å². The zero-order chi connectivity index (χ0) is 11.2. The van der Waals surface area contributed by atoms with Crippen molar-refractivity contribution in [3.05, 3.63) is 0 Å². The van der Waals surface area contributed by atoms with E-state index in [1.165, 1.54) is 12.8 Å². The molecule has 1 spiro atoms. The van der Waals surface area contributed by atoms with Crippen LogP contribution in [0.1, 0.15) is 39.0 Å². The fourth-order valence-corrected chi connectivity index (χ4v) is 3.77. The third kappa shape index (κ3) is 1.48. The van der Waals surface area contributed by atoms with E-state index in [1.807, 2.05) is 6.92 Å². The Hall–Kier alpha value is -0.570. The lowest BCUT2D eigenvalue weighted by Crippen LogP contribution is -2.46. The highest BCUT2D eigenvalue weighted by molar-refractivity contribution is 5.75. The zero-order valence-corrected chi connectivity index (χ0v) is 9.91. The van der Waals surface area contributed by atoms with Crippen LogP contribution in [-0.2, 0) is 14.3 Å². The molecule has 3 heteroatoms. The summed E-state index contributed by atoms with van der Waals surface area (Å²) in [7, 11) is 0. The van der Waals surface area contributed by atoms with Crippen LogP contribution in [0.2, 0.25) is 0 Å². The Morgan fingerprint density at radius 3 is 3.06 bits per heavy atom. The molecule has 0 aromatic heterocycles. The van der Waals surface area contributed by atoms with E-state index in [1.54, 1.807) is 0 Å². The van der Waals surface area contributed by atoms with E-state index < -0.39 is 0 Å². The number of esters is 1. The van der Waals surface area contributed by atoms with Gasteiger partial charge in [0.2, 0.25) is 0 Å². The molecule has 1 aliphatic heterocycles. The number of carbonyl (C=O) groups is 1. The van der Waals surface area contributed by atoms with Crippen LogP contribution in [0.5, 0.6) is 0 Å². The van der Waals surface area contributed by atoms with Gasteiger partial charge in [-0.15, -0.1) is 0 Å². The normalized spacial score (nSPS) is 45.4. The van der Waals surface area contributed by atoms with Gasteiger partial charge in [-0.2, -0.15) is 0 Å². The topological polar surface area (TPSA) is 35.5 Å². The largest absolute Gasteiger partial charge is 0.466 e. The first-order valence-corrected chi connectivity index (χ1v) is 6.57. The second-order valence-electron chi connectivity index (χ2n) is 5.44. The molecule has 4 atom stereocenters. The predicted octanol–water partition coefficient (Wildman–Crippen LogP) is 2.14. The van der Waals surface area contributed by atoms with Crippen molar-refractivity contribution in [3.63, 3.8) is 0 Å². The monoisotopic (exact) mass is 224 g/mol. The Morgan fingerprint density at radius 1 is 1.50 bits per heavy atom. The van der Waals surface area contributed by atoms with Gasteiger partial charge in [-0.3, -0.25) is 4.79 Å². The van der Waals surface area contributed by atoms with E-state index in [2.05, 4.69) is 0 Å². The summed E-state index contributed by atoms with van der Waals surface area (Å²) in [5.41, 5.74) is -0.149. The fourth-order valence-electron chi connectivity index (χ4n) is 3.77. The molecule has 3 rings (SSSR count). The molecule has 0 N–H and O–H groups in total. The van der Waals surface area contributed by atoms with Gasteiger partial charge in [0, 0.05) is 6.61 Å². The van der Waals surface area contributed by atoms with Crippen LogP contribution < -0.4 is 0 Å². The maximum atomic E-state index is 12.1. The zero-order valence-electron chi connectivity index (χ0n) is 9.91. The van der Waals surface area contributed by atoms with E-state index >= 15 is 0 Å². The van der Waals surface area contributed by atoms with Gasteiger partial charge in [0.1, 0.15) is 0 Å². The summed E-state index contributed by atoms with van der Waals surface area (Å²) in [4.78, 5) is 12.1. The Morgan fingerprint density at radius 2 is 2.38 bits per heavy atom. The lowest BCUT2D eigenvalue weighted by molar-refractivity contribution is -0.165. The minimum absolute atomic E-state index is 0.00315. The Kier molecular flexibility index (Phi) is 2.46. The van der Waals surface area contributed by atoms with Crippen molar-refractivity contribution in [2.75, 3.05) is 13.2 Å². The van der Waals surface area contributed by atoms with Gasteiger partial charge in [-0.05, 0) is 50.9 Å². The van der Waals surface area contributed by atoms with Crippen molar-refractivity contribution in [1.29, 1.82) is 0 Å². The van der Waals surface area contributed by atoms with Crippen molar-refractivity contribution in [3.8, 4) is 0 Å². The molecule has 0 amide bonds. The molecule has 3 fully saturated rings. The highest BCUT2D eigenvalue weighted by Gasteiger charge is 2.61. The van der Waals surface area contributed by atoms with Crippen LogP contribution in [0.3, 0.4) is 0 Å². The fraction of sp³-hybridized carbons (Fsp3) is 0.923. The molecule has 1 saturated heterocycles. The van der Waals surface area contributed by atoms with Crippen molar-refractivity contribution in [1.82, 2.24) is 0 Å². The summed E-state index contributed by atoms with van der Waals surface area (Å²) in [6.07, 6.45) is 5.69. The van der Waals surface area contributed by atoms with Gasteiger partial charge in [-0.25, -0.2) is 0 Å². The van der Waals surface area contributed by atoms with Crippen LogP contribution in [-0.4, -0.2) is 24.8 Å². The average molecular weight is 224 g/mol. The minimum Gasteiger partial charge on any atom is -0.466 e. The van der Waals surface area contributed by atoms with Crippen molar-refractivity contribution in [2.45, 2.75) is 44.6 Å². The summed E-state index contributed by atoms with van der Waals surface area (Å²) in [6.45, 7) is 3.20. The number of rotatable bonds is 2. The van der Waals surface area contributed by atoms with E-state index in [4.69, 9.17) is 9.47 Å². The van der Waals surface area contributed by atoms with E-state index in [0.717, 1.165) is 31.8 Å². The van der Waals surface area contributed by atoms with Gasteiger partial charge in [0.05, 0.1) is 18.1 Å². The van der Waals surface area contributed by atoms with E-state index in [9.17, 15) is 4.79 Å². The van der Waals surface area contributed by atoms with Gasteiger partial charge in [-0.1, -0.05) is 0 Å². The smallest absolute Gasteiger partial charge is 0.312 e. The molecule has 16 heavy (non-hydrogen) atoms. The quantitative estimate of drug-likeness (QED) is 0.674. The highest BCUT2D eigenvalue weighted by Crippen LogP contribution is 2.59. The Balaban J connectivity index is 1.82. The molecular weight excluding hydrogens is 204 g/mol. The summed E-state index contributed by atoms with van der Waals surface area (Å²) >= 11 is 0. The first kappa shape index (κ1) is 10.6. The molecule has 0 radical (unpaired) electrons. The second-order valence-corrected chi connectivity index (χ2v) is 5.44. The second kappa shape index (κ2) is 3.73. The number of fused-ring (bicyclic) bond motifs is 1. The molecule has 0 aromatic carbocycles. The Bertz CT molecular complexity index is 294. The van der Waals surface area contributed by atoms with Crippen molar-refractivity contribution < 1.29 is 14.3 Å². The Labute approximate surface area is 96.5 Å². The number of hydrogen-bond donors (Lipinski definition) is 0. The molecule has 0 bridgehead atoms. The number of hydrogen-bond acceptors (Lipinski definition) is 3. The lowest BCUT2D eigenvalue weighted by atomic mass is 9.73. The maximum absolute atomic E-state index is 12.1. The standard InChI is InChI=1S/C13H20O3/c1-2-15-12(14)11-10-8-9(10)4-6-13(11)5-3-7-16-13/h9-11H,2-8H2,1H3. The SMILES string of the molecule is CCOC(=O)C1C2CC2CCC12CCCO2. The molecule has 2 saturated carbocycles. The van der Waals surface area contributed by atoms with E-state index in [0.29, 0.717) is 12.5 Å². The molecular formula is C13H20O3. The van der Waals surface area contributed by atoms with Gasteiger partial charge in [0.15, 0.2) is 0 Å². The van der Waals surface area contributed by atoms with Crippen LogP contribution in [0.4, 0.5) is 0 Å². The third-order valence-electron chi connectivity index (χ3n) is 4.58. The third-order valence-corrected chi connectivity index (χ3v) is 4.58. The van der Waals surface area contributed by atoms with Crippen molar-refractivity contribution in [2.24, 2.45) is 17.8 Å². The van der Waals surface area contributed by atoms with Gasteiger partial charge < -0.3 is 9.47 Å². The lowest BCUT2D eigenvalue weighted by Gasteiger charge is -2.38. The number of carbonyl (C=O) groups excluding carboxylic acids is 1. The molecule has 1 heterocycles. The highest BCUT2D eigenvalue weighted by atomic mass is 16.5.